The zero-order chi connectivity index (χ0) is 10.7. The van der Waals surface area contributed by atoms with Gasteiger partial charge in [-0.1, -0.05) is 30.7 Å². The molecule has 1 rings (SSSR count). The third-order valence-corrected chi connectivity index (χ3v) is 2.13. The van der Waals surface area contributed by atoms with Gasteiger partial charge in [0.1, 0.15) is 5.02 Å². The van der Waals surface area contributed by atoms with E-state index in [9.17, 15) is 9.59 Å². The maximum absolute atomic E-state index is 11.3. The van der Waals surface area contributed by atoms with Crippen LogP contribution in [-0.2, 0) is 6.54 Å². The molecule has 4 nitrogen and oxygen atoms in total. The van der Waals surface area contributed by atoms with Crippen LogP contribution in [0.2, 0.25) is 5.02 Å². The summed E-state index contributed by atoms with van der Waals surface area (Å²) in [4.78, 5) is 24.3. The van der Waals surface area contributed by atoms with Crippen LogP contribution in [-0.4, -0.2) is 9.55 Å². The van der Waals surface area contributed by atoms with Crippen LogP contribution in [0.4, 0.5) is 0 Å². The fourth-order valence-corrected chi connectivity index (χ4v) is 1.12. The van der Waals surface area contributed by atoms with Gasteiger partial charge in [-0.25, -0.2) is 4.79 Å². The number of hydrogen-bond donors (Lipinski definition) is 1. The normalized spacial score (nSPS) is 10.1. The van der Waals surface area contributed by atoms with Crippen molar-refractivity contribution < 1.29 is 0 Å². The number of allylic oxidation sites excluding steroid dienone is 1. The Morgan fingerprint density at radius 2 is 2.29 bits per heavy atom. The topological polar surface area (TPSA) is 54.9 Å². The predicted octanol–water partition coefficient (Wildman–Crippen LogP) is 1.16. The molecule has 0 aliphatic heterocycles. The summed E-state index contributed by atoms with van der Waals surface area (Å²) in [5, 5.41) is 0.00787. The molecule has 1 N–H and O–H groups in total. The summed E-state index contributed by atoms with van der Waals surface area (Å²) in [6.07, 6.45) is 2.10. The van der Waals surface area contributed by atoms with Crippen LogP contribution in [0.15, 0.2) is 27.9 Å². The van der Waals surface area contributed by atoms with Crippen molar-refractivity contribution in [1.29, 1.82) is 0 Å². The summed E-state index contributed by atoms with van der Waals surface area (Å²) in [7, 11) is 0. The van der Waals surface area contributed by atoms with Crippen LogP contribution in [0.1, 0.15) is 13.3 Å². The number of aromatic nitrogens is 2. The molecule has 0 amide bonds. The number of halogens is 1. The van der Waals surface area contributed by atoms with Crippen molar-refractivity contribution in [3.8, 4) is 0 Å². The van der Waals surface area contributed by atoms with E-state index in [4.69, 9.17) is 11.6 Å². The van der Waals surface area contributed by atoms with Crippen molar-refractivity contribution in [2.24, 2.45) is 0 Å². The van der Waals surface area contributed by atoms with Crippen molar-refractivity contribution in [3.63, 3.8) is 0 Å². The number of aromatic amines is 1. The van der Waals surface area contributed by atoms with Gasteiger partial charge in [-0.15, -0.1) is 0 Å². The van der Waals surface area contributed by atoms with E-state index in [0.717, 1.165) is 12.0 Å². The summed E-state index contributed by atoms with van der Waals surface area (Å²) in [6, 6.07) is 0. The van der Waals surface area contributed by atoms with Crippen molar-refractivity contribution >= 4 is 11.6 Å². The molecule has 0 atom stereocenters. The molecule has 14 heavy (non-hydrogen) atoms. The Hall–Kier alpha value is -1.29. The Balaban J connectivity index is 3.11. The molecule has 0 unspecified atom stereocenters. The molecule has 5 heteroatoms. The Labute approximate surface area is 85.8 Å². The highest BCUT2D eigenvalue weighted by Gasteiger charge is 2.02. The fourth-order valence-electron chi connectivity index (χ4n) is 0.953. The van der Waals surface area contributed by atoms with Crippen LogP contribution in [0.5, 0.6) is 0 Å². The first-order valence-electron chi connectivity index (χ1n) is 4.20. The van der Waals surface area contributed by atoms with Crippen LogP contribution >= 0.6 is 11.6 Å². The Morgan fingerprint density at radius 1 is 1.64 bits per heavy atom. The quantitative estimate of drug-likeness (QED) is 0.768. The van der Waals surface area contributed by atoms with E-state index in [0.29, 0.717) is 6.54 Å². The van der Waals surface area contributed by atoms with E-state index in [1.54, 1.807) is 0 Å². The average molecular weight is 215 g/mol. The maximum atomic E-state index is 11.3. The molecule has 0 spiro atoms. The number of nitrogens with one attached hydrogen (secondary N) is 1. The second-order valence-corrected chi connectivity index (χ2v) is 3.37. The lowest BCUT2D eigenvalue weighted by molar-refractivity contribution is 0.696. The highest BCUT2D eigenvalue weighted by molar-refractivity contribution is 6.30. The minimum absolute atomic E-state index is 0.00787. The summed E-state index contributed by atoms with van der Waals surface area (Å²) < 4.78 is 1.33. The van der Waals surface area contributed by atoms with Crippen molar-refractivity contribution in [1.82, 2.24) is 9.55 Å². The van der Waals surface area contributed by atoms with E-state index in [2.05, 4.69) is 11.6 Å². The zero-order valence-corrected chi connectivity index (χ0v) is 8.60. The molecule has 0 aromatic carbocycles. The Bertz CT molecular complexity index is 459. The first-order chi connectivity index (χ1) is 6.54. The largest absolute Gasteiger partial charge is 0.328 e. The SMILES string of the molecule is C=C(CC)Cn1cc(Cl)c(=O)[nH]c1=O. The lowest BCUT2D eigenvalue weighted by Gasteiger charge is -2.05. The van der Waals surface area contributed by atoms with E-state index < -0.39 is 11.2 Å². The molecule has 0 bridgehead atoms. The second kappa shape index (κ2) is 4.28. The Kier molecular flexibility index (Phi) is 3.30. The fraction of sp³-hybridized carbons (Fsp3) is 0.333. The van der Waals surface area contributed by atoms with Gasteiger partial charge < -0.3 is 0 Å². The summed E-state index contributed by atoms with van der Waals surface area (Å²) in [5.41, 5.74) is -0.126. The molecule has 1 heterocycles. The molecular weight excluding hydrogens is 204 g/mol. The first-order valence-corrected chi connectivity index (χ1v) is 4.58. The van der Waals surface area contributed by atoms with Crippen LogP contribution in [0.3, 0.4) is 0 Å². The molecule has 0 saturated heterocycles. The monoisotopic (exact) mass is 214 g/mol. The van der Waals surface area contributed by atoms with Crippen molar-refractivity contribution in [3.05, 3.63) is 44.2 Å². The van der Waals surface area contributed by atoms with E-state index >= 15 is 0 Å². The minimum atomic E-state index is -0.560. The standard InChI is InChI=1S/C9H11ClN2O2/c1-3-6(2)4-12-5-7(10)8(13)11-9(12)14/h5H,2-4H2,1H3,(H,11,13,14). The molecule has 1 aromatic rings. The van der Waals surface area contributed by atoms with E-state index in [1.807, 2.05) is 6.92 Å². The van der Waals surface area contributed by atoms with Gasteiger partial charge in [-0.2, -0.15) is 0 Å². The van der Waals surface area contributed by atoms with Gasteiger partial charge in [0.05, 0.1) is 0 Å². The number of rotatable bonds is 3. The van der Waals surface area contributed by atoms with E-state index in [1.165, 1.54) is 10.8 Å². The van der Waals surface area contributed by atoms with Gasteiger partial charge in [-0.3, -0.25) is 14.3 Å². The third-order valence-electron chi connectivity index (χ3n) is 1.86. The minimum Gasteiger partial charge on any atom is -0.295 e. The van der Waals surface area contributed by atoms with Crippen LogP contribution in [0.25, 0.3) is 0 Å². The third kappa shape index (κ3) is 2.35. The number of nitrogens with zero attached hydrogens (tertiary/aromatic N) is 1. The van der Waals surface area contributed by atoms with E-state index in [-0.39, 0.29) is 5.02 Å². The average Bonchev–Trinajstić information content (AvgIpc) is 2.14. The molecule has 0 radical (unpaired) electrons. The summed E-state index contributed by atoms with van der Waals surface area (Å²) in [5.74, 6) is 0. The highest BCUT2D eigenvalue weighted by Crippen LogP contribution is 2.01. The molecule has 0 saturated carbocycles. The maximum Gasteiger partial charge on any atom is 0.328 e. The van der Waals surface area contributed by atoms with Gasteiger partial charge >= 0.3 is 5.69 Å². The second-order valence-electron chi connectivity index (χ2n) is 2.97. The smallest absolute Gasteiger partial charge is 0.295 e. The number of hydrogen-bond acceptors (Lipinski definition) is 2. The number of H-pyrrole nitrogens is 1. The molecule has 0 aliphatic carbocycles. The van der Waals surface area contributed by atoms with Gasteiger partial charge in [0.15, 0.2) is 0 Å². The van der Waals surface area contributed by atoms with Gasteiger partial charge in [0, 0.05) is 12.7 Å². The van der Waals surface area contributed by atoms with Crippen molar-refractivity contribution in [2.75, 3.05) is 0 Å². The van der Waals surface area contributed by atoms with Gasteiger partial charge in [0.2, 0.25) is 0 Å². The summed E-state index contributed by atoms with van der Waals surface area (Å²) >= 11 is 5.58. The van der Waals surface area contributed by atoms with Gasteiger partial charge in [-0.05, 0) is 6.42 Å². The predicted molar refractivity (Wildman–Crippen MR) is 55.8 cm³/mol. The van der Waals surface area contributed by atoms with Gasteiger partial charge in [0.25, 0.3) is 5.56 Å². The molecule has 1 aromatic heterocycles. The molecule has 0 aliphatic rings. The lowest BCUT2D eigenvalue weighted by Crippen LogP contribution is -2.30. The Morgan fingerprint density at radius 3 is 2.86 bits per heavy atom. The summed E-state index contributed by atoms with van der Waals surface area (Å²) in [6.45, 7) is 6.09. The van der Waals surface area contributed by atoms with Crippen LogP contribution < -0.4 is 11.2 Å². The molecule has 76 valence electrons. The zero-order valence-electron chi connectivity index (χ0n) is 7.84. The first kappa shape index (κ1) is 10.8. The molecular formula is C9H11ClN2O2. The van der Waals surface area contributed by atoms with Crippen molar-refractivity contribution in [2.45, 2.75) is 19.9 Å². The van der Waals surface area contributed by atoms with Crippen LogP contribution in [0, 0.1) is 0 Å². The molecule has 0 fully saturated rings. The highest BCUT2D eigenvalue weighted by atomic mass is 35.5. The lowest BCUT2D eigenvalue weighted by atomic mass is 10.2.